The molecule has 9 nitrogen and oxygen atoms in total. The van der Waals surface area contributed by atoms with Crippen LogP contribution in [0, 0.1) is 29.1 Å². The zero-order chi connectivity index (χ0) is 40.9. The van der Waals surface area contributed by atoms with Crippen molar-refractivity contribution in [1.29, 1.82) is 0 Å². The molecule has 1 atom stereocenters. The largest absolute Gasteiger partial charge is 0.488 e. The van der Waals surface area contributed by atoms with Crippen molar-refractivity contribution in [2.24, 2.45) is 0 Å². The van der Waals surface area contributed by atoms with Crippen LogP contribution in [0.25, 0.3) is 0 Å². The molecular weight excluding hydrogens is 758 g/mol. The molecule has 2 aliphatic carbocycles. The van der Waals surface area contributed by atoms with Gasteiger partial charge in [-0.25, -0.2) is 35.2 Å². The molecule has 4 aromatic carbocycles. The highest BCUT2D eigenvalue weighted by Gasteiger charge is 2.43. The predicted octanol–water partition coefficient (Wildman–Crippen LogP) is 8.30. The number of ether oxygens (including phenoxy) is 1. The lowest BCUT2D eigenvalue weighted by atomic mass is 9.83. The summed E-state index contributed by atoms with van der Waals surface area (Å²) < 4.78 is 111. The van der Waals surface area contributed by atoms with E-state index < -0.39 is 80.3 Å². The first-order chi connectivity index (χ1) is 26.3. The Morgan fingerprint density at radius 3 is 2.07 bits per heavy atom. The lowest BCUT2D eigenvalue weighted by molar-refractivity contribution is -0.119. The number of carbonyl (C=O) groups excluding carboxylic acids is 1. The molecule has 0 spiro atoms. The quantitative estimate of drug-likeness (QED) is 0.0749. The Hall–Kier alpha value is -5.02. The van der Waals surface area contributed by atoms with E-state index in [0.29, 0.717) is 28.4 Å². The van der Waals surface area contributed by atoms with Crippen LogP contribution in [0.2, 0.25) is 0 Å². The van der Waals surface area contributed by atoms with Crippen LogP contribution in [0.3, 0.4) is 0 Å². The van der Waals surface area contributed by atoms with E-state index in [1.165, 1.54) is 24.3 Å². The third kappa shape index (κ3) is 8.53. The van der Waals surface area contributed by atoms with Crippen molar-refractivity contribution in [3.05, 3.63) is 118 Å². The van der Waals surface area contributed by atoms with Gasteiger partial charge in [-0.1, -0.05) is 57.2 Å². The van der Waals surface area contributed by atoms with Gasteiger partial charge in [-0.15, -0.1) is 0 Å². The minimum Gasteiger partial charge on any atom is -0.488 e. The van der Waals surface area contributed by atoms with Gasteiger partial charge in [0.15, 0.2) is 28.2 Å². The predicted molar refractivity (Wildman–Crippen MR) is 200 cm³/mol. The maximum atomic E-state index is 15.6. The topological polar surface area (TPSA) is 116 Å². The Balaban J connectivity index is 1.57. The average Bonchev–Trinajstić information content (AvgIpc) is 4.07. The van der Waals surface area contributed by atoms with Crippen LogP contribution >= 0.6 is 0 Å². The van der Waals surface area contributed by atoms with E-state index in [1.54, 1.807) is 43.3 Å². The van der Waals surface area contributed by atoms with Crippen LogP contribution < -0.4 is 15.0 Å². The van der Waals surface area contributed by atoms with E-state index in [2.05, 4.69) is 5.32 Å². The van der Waals surface area contributed by atoms with E-state index in [9.17, 15) is 36.3 Å². The number of amides is 1. The van der Waals surface area contributed by atoms with Crippen molar-refractivity contribution in [3.8, 4) is 5.75 Å². The van der Waals surface area contributed by atoms with Gasteiger partial charge in [0, 0.05) is 26.3 Å². The second kappa shape index (κ2) is 15.5. The summed E-state index contributed by atoms with van der Waals surface area (Å²) in [6, 6.07) is 13.8. The van der Waals surface area contributed by atoms with Gasteiger partial charge in [0.1, 0.15) is 11.8 Å². The normalized spacial score (nSPS) is 15.1. The molecular formula is C41H42F5N3O6S. The standard InChI is InChI=1S/C41H42F5N3O6S/c1-41(2,3)27-17-22(16-26(19-27)23-10-11-23)18-31(39(50)47-29-15-12-24(40(51)52)20-32(29)55-28-13-14-28)49(21-25-8-6-7-9-30(25)48(4)5)56(53,54)38-36(45)34(43)33(42)35(44)37(38)46/h6-9,12,15-17,19-20,23,28,31H,10-11,13-14,18,21H2,1-5H3,(H,47,50)(H,51,52). The summed E-state index contributed by atoms with van der Waals surface area (Å²) in [6.45, 7) is 5.19. The molecule has 1 amide bonds. The summed E-state index contributed by atoms with van der Waals surface area (Å²) in [5, 5.41) is 12.3. The lowest BCUT2D eigenvalue weighted by Crippen LogP contribution is -2.49. The van der Waals surface area contributed by atoms with Crippen molar-refractivity contribution >= 4 is 33.3 Å². The number of nitrogens with one attached hydrogen (secondary N) is 1. The van der Waals surface area contributed by atoms with Gasteiger partial charge in [-0.3, -0.25) is 4.79 Å². The fourth-order valence-electron chi connectivity index (χ4n) is 6.45. The Labute approximate surface area is 322 Å². The summed E-state index contributed by atoms with van der Waals surface area (Å²) >= 11 is 0. The van der Waals surface area contributed by atoms with Gasteiger partial charge in [0.25, 0.3) is 0 Å². The molecule has 0 bridgehead atoms. The third-order valence-corrected chi connectivity index (χ3v) is 11.7. The average molecular weight is 800 g/mol. The van der Waals surface area contributed by atoms with Crippen LogP contribution in [-0.2, 0) is 33.2 Å². The maximum Gasteiger partial charge on any atom is 0.335 e. The Morgan fingerprint density at radius 1 is 0.875 bits per heavy atom. The molecule has 4 aromatic rings. The fraction of sp³-hybridized carbons (Fsp3) is 0.366. The van der Waals surface area contributed by atoms with Gasteiger partial charge < -0.3 is 20.1 Å². The summed E-state index contributed by atoms with van der Waals surface area (Å²) in [5.41, 5.74) is 2.40. The minimum absolute atomic E-state index is 0.0163. The molecule has 298 valence electrons. The molecule has 0 saturated heterocycles. The number of benzene rings is 4. The zero-order valence-corrected chi connectivity index (χ0v) is 32.2. The summed E-state index contributed by atoms with van der Waals surface area (Å²) in [5.74, 6) is -14.8. The van der Waals surface area contributed by atoms with Gasteiger partial charge in [0.2, 0.25) is 21.7 Å². The second-order valence-electron chi connectivity index (χ2n) is 15.5. The van der Waals surface area contributed by atoms with Gasteiger partial charge >= 0.3 is 5.97 Å². The zero-order valence-electron chi connectivity index (χ0n) is 31.4. The monoisotopic (exact) mass is 799 g/mol. The number of carboxylic acids is 1. The number of carboxylic acid groups (broad SMARTS) is 1. The Kier molecular flexibility index (Phi) is 11.2. The number of para-hydroxylation sites is 1. The molecule has 56 heavy (non-hydrogen) atoms. The molecule has 2 N–H and O–H groups in total. The summed E-state index contributed by atoms with van der Waals surface area (Å²) in [6.07, 6.45) is 2.49. The molecule has 0 heterocycles. The van der Waals surface area contributed by atoms with Crippen LogP contribution in [0.1, 0.15) is 85.0 Å². The number of halogens is 5. The lowest BCUT2D eigenvalue weighted by Gasteiger charge is -2.32. The summed E-state index contributed by atoms with van der Waals surface area (Å²) in [7, 11) is -2.45. The van der Waals surface area contributed by atoms with Crippen LogP contribution in [0.4, 0.5) is 33.3 Å². The Morgan fingerprint density at radius 2 is 1.50 bits per heavy atom. The van der Waals surface area contributed by atoms with Crippen molar-refractivity contribution in [2.45, 2.75) is 87.8 Å². The van der Waals surface area contributed by atoms with Gasteiger partial charge in [-0.2, -0.15) is 4.31 Å². The molecule has 15 heteroatoms. The number of anilines is 2. The number of carbonyl (C=O) groups is 2. The molecule has 1 unspecified atom stereocenters. The third-order valence-electron chi connectivity index (χ3n) is 9.85. The molecule has 2 aliphatic rings. The number of aromatic carboxylic acids is 1. The molecule has 0 aliphatic heterocycles. The van der Waals surface area contributed by atoms with Crippen molar-refractivity contribution in [1.82, 2.24) is 4.31 Å². The number of hydrogen-bond donors (Lipinski definition) is 2. The summed E-state index contributed by atoms with van der Waals surface area (Å²) in [4.78, 5) is 26.1. The molecule has 2 fully saturated rings. The minimum atomic E-state index is -5.76. The highest BCUT2D eigenvalue weighted by atomic mass is 32.2. The van der Waals surface area contributed by atoms with Gasteiger partial charge in [0.05, 0.1) is 17.4 Å². The van der Waals surface area contributed by atoms with Crippen LogP contribution in [0.5, 0.6) is 5.75 Å². The highest BCUT2D eigenvalue weighted by Crippen LogP contribution is 2.42. The van der Waals surface area contributed by atoms with E-state index in [-0.39, 0.29) is 34.6 Å². The first-order valence-electron chi connectivity index (χ1n) is 18.1. The van der Waals surface area contributed by atoms with E-state index in [4.69, 9.17) is 4.74 Å². The molecule has 2 saturated carbocycles. The van der Waals surface area contributed by atoms with Crippen molar-refractivity contribution in [2.75, 3.05) is 24.3 Å². The Bertz CT molecular complexity index is 2280. The van der Waals surface area contributed by atoms with Crippen molar-refractivity contribution in [3.63, 3.8) is 0 Å². The first kappa shape index (κ1) is 40.6. The smallest absolute Gasteiger partial charge is 0.335 e. The number of nitrogens with zero attached hydrogens (tertiary/aromatic N) is 2. The van der Waals surface area contributed by atoms with Crippen molar-refractivity contribution < 1.29 is 49.8 Å². The number of rotatable bonds is 14. The van der Waals surface area contributed by atoms with E-state index in [0.717, 1.165) is 24.0 Å². The first-order valence-corrected chi connectivity index (χ1v) is 19.5. The van der Waals surface area contributed by atoms with Gasteiger partial charge in [-0.05, 0) is 90.0 Å². The van der Waals surface area contributed by atoms with Crippen LogP contribution in [0.15, 0.2) is 65.6 Å². The fourth-order valence-corrected chi connectivity index (χ4v) is 8.13. The number of sulfonamides is 1. The second-order valence-corrected chi connectivity index (χ2v) is 17.3. The SMILES string of the molecule is CN(C)c1ccccc1CN(C(Cc1cc(C2CC2)cc(C(C)(C)C)c1)C(=O)Nc1ccc(C(=O)O)cc1OC1CC1)S(=O)(=O)c1c(F)c(F)c(F)c(F)c1F. The molecule has 6 rings (SSSR count). The van der Waals surface area contributed by atoms with Crippen LogP contribution in [-0.4, -0.2) is 55.9 Å². The molecule has 0 radical (unpaired) electrons. The van der Waals surface area contributed by atoms with E-state index >= 15 is 8.78 Å². The highest BCUT2D eigenvalue weighted by molar-refractivity contribution is 7.89. The van der Waals surface area contributed by atoms with E-state index in [1.807, 2.05) is 32.9 Å². The number of hydrogen-bond acceptors (Lipinski definition) is 6. The molecule has 0 aromatic heterocycles. The maximum absolute atomic E-state index is 15.6.